The van der Waals surface area contributed by atoms with Crippen molar-refractivity contribution < 1.29 is 14.2 Å². The minimum absolute atomic E-state index is 0.0758. The number of carbonyl (C=O) groups excluding carboxylic acids is 1. The van der Waals surface area contributed by atoms with Crippen molar-refractivity contribution in [1.29, 1.82) is 0 Å². The van der Waals surface area contributed by atoms with Crippen LogP contribution in [-0.2, 0) is 4.79 Å². The Labute approximate surface area is 186 Å². The van der Waals surface area contributed by atoms with E-state index in [2.05, 4.69) is 26.0 Å². The highest BCUT2D eigenvalue weighted by molar-refractivity contribution is 9.10. The Hall–Kier alpha value is -2.65. The zero-order chi connectivity index (χ0) is 21.4. The van der Waals surface area contributed by atoms with E-state index in [-0.39, 0.29) is 11.5 Å². The number of methoxy groups -OCH3 is 1. The molecule has 7 nitrogen and oxygen atoms in total. The number of H-pyrrole nitrogens is 1. The monoisotopic (exact) mass is 487 g/mol. The summed E-state index contributed by atoms with van der Waals surface area (Å²) >= 11 is 4.95. The molecule has 154 valence electrons. The third-order valence-electron chi connectivity index (χ3n) is 5.00. The molecular weight excluding hydrogens is 468 g/mol. The number of thioether (sulfide) groups is 1. The van der Waals surface area contributed by atoms with Gasteiger partial charge < -0.3 is 4.74 Å². The smallest absolute Gasteiger partial charge is 0.325 e. The average molecular weight is 488 g/mol. The summed E-state index contributed by atoms with van der Waals surface area (Å²) in [4.78, 5) is 30.8. The van der Waals surface area contributed by atoms with Crippen molar-refractivity contribution in [2.75, 3.05) is 18.3 Å². The van der Waals surface area contributed by atoms with Gasteiger partial charge in [0.25, 0.3) is 6.17 Å². The summed E-state index contributed by atoms with van der Waals surface area (Å²) < 4.78 is 7.85. The first kappa shape index (κ1) is 20.6. The van der Waals surface area contributed by atoms with Crippen molar-refractivity contribution in [1.82, 2.24) is 10.1 Å². The van der Waals surface area contributed by atoms with Gasteiger partial charge in [0.2, 0.25) is 11.1 Å². The predicted octanol–water partition coefficient (Wildman–Crippen LogP) is 3.52. The van der Waals surface area contributed by atoms with E-state index in [1.807, 2.05) is 55.6 Å². The van der Waals surface area contributed by atoms with Crippen LogP contribution < -0.4 is 19.9 Å². The van der Waals surface area contributed by atoms with Gasteiger partial charge in [-0.3, -0.25) is 14.6 Å². The Morgan fingerprint density at radius 2 is 2.10 bits per heavy atom. The van der Waals surface area contributed by atoms with Crippen molar-refractivity contribution in [3.63, 3.8) is 0 Å². The minimum Gasteiger partial charge on any atom is -0.497 e. The molecule has 0 fully saturated rings. The molecule has 2 heterocycles. The van der Waals surface area contributed by atoms with Crippen molar-refractivity contribution in [2.45, 2.75) is 24.7 Å². The number of nitrogens with one attached hydrogen (secondary N) is 1. The third kappa shape index (κ3) is 3.31. The lowest BCUT2D eigenvalue weighted by molar-refractivity contribution is -0.763. The number of hydrogen-bond donors (Lipinski definition) is 1. The molecule has 1 aliphatic heterocycles. The Morgan fingerprint density at radius 1 is 1.33 bits per heavy atom. The molecule has 4 rings (SSSR count). The predicted molar refractivity (Wildman–Crippen MR) is 119 cm³/mol. The number of aromatic amines is 1. The van der Waals surface area contributed by atoms with E-state index in [0.29, 0.717) is 34.3 Å². The van der Waals surface area contributed by atoms with Crippen LogP contribution in [0.5, 0.6) is 5.75 Å². The molecule has 0 radical (unpaired) electrons. The number of amides is 1. The highest BCUT2D eigenvalue weighted by Gasteiger charge is 2.46. The molecule has 0 unspecified atom stereocenters. The highest BCUT2D eigenvalue weighted by Crippen LogP contribution is 2.40. The number of para-hydroxylation sites is 1. The van der Waals surface area contributed by atoms with Gasteiger partial charge >= 0.3 is 11.3 Å². The molecule has 1 N–H and O–H groups in total. The molecule has 2 aromatic carbocycles. The second-order valence-corrected chi connectivity index (χ2v) is 8.30. The highest BCUT2D eigenvalue weighted by atomic mass is 79.9. The number of nitrogens with zero attached hydrogens (tertiary/aromatic N) is 3. The topological polar surface area (TPSA) is 79.2 Å². The van der Waals surface area contributed by atoms with Crippen molar-refractivity contribution >= 4 is 39.3 Å². The van der Waals surface area contributed by atoms with E-state index in [1.54, 1.807) is 16.7 Å². The maximum absolute atomic E-state index is 13.2. The van der Waals surface area contributed by atoms with Crippen LogP contribution in [0.15, 0.2) is 56.9 Å². The van der Waals surface area contributed by atoms with Gasteiger partial charge in [0.1, 0.15) is 5.75 Å². The Bertz CT molecular complexity index is 1200. The molecule has 1 aliphatic rings. The molecule has 3 aromatic rings. The Balaban J connectivity index is 2.11. The molecule has 0 aliphatic carbocycles. The number of benzene rings is 2. The molecule has 0 saturated carbocycles. The van der Waals surface area contributed by atoms with Crippen molar-refractivity contribution in [3.05, 3.63) is 62.9 Å². The lowest BCUT2D eigenvalue weighted by Gasteiger charge is -2.32. The van der Waals surface area contributed by atoms with E-state index in [1.165, 1.54) is 11.8 Å². The van der Waals surface area contributed by atoms with Crippen LogP contribution in [0.3, 0.4) is 0 Å². The van der Waals surface area contributed by atoms with Gasteiger partial charge in [-0.2, -0.15) is 0 Å². The van der Waals surface area contributed by atoms with Gasteiger partial charge in [0.15, 0.2) is 0 Å². The maximum Gasteiger partial charge on any atom is 0.325 e. The summed E-state index contributed by atoms with van der Waals surface area (Å²) in [6.07, 6.45) is 1.49. The van der Waals surface area contributed by atoms with Gasteiger partial charge in [0.05, 0.1) is 23.9 Å². The van der Waals surface area contributed by atoms with Crippen LogP contribution in [0.4, 0.5) is 5.69 Å². The molecule has 1 amide bonds. The van der Waals surface area contributed by atoms with E-state index in [9.17, 15) is 9.59 Å². The normalized spacial score (nSPS) is 14.8. The van der Waals surface area contributed by atoms with Crippen LogP contribution >= 0.6 is 27.7 Å². The minimum atomic E-state index is -0.653. The zero-order valence-electron chi connectivity index (χ0n) is 16.7. The van der Waals surface area contributed by atoms with Gasteiger partial charge in [-0.05, 0) is 41.3 Å². The fourth-order valence-electron chi connectivity index (χ4n) is 3.63. The maximum atomic E-state index is 13.2. The number of fused-ring (bicyclic) bond motifs is 3. The summed E-state index contributed by atoms with van der Waals surface area (Å²) in [5.41, 5.74) is 2.25. The summed E-state index contributed by atoms with van der Waals surface area (Å²) in [6.45, 7) is 1.82. The quantitative estimate of drug-likeness (QED) is 0.449. The number of anilines is 1. The van der Waals surface area contributed by atoms with Crippen LogP contribution in [0.1, 0.15) is 25.1 Å². The summed E-state index contributed by atoms with van der Waals surface area (Å²) in [5.74, 6) is 0.570. The third-order valence-corrected chi connectivity index (χ3v) is 6.30. The number of rotatable bonds is 4. The summed E-state index contributed by atoms with van der Waals surface area (Å²) in [5, 5.41) is 5.15. The van der Waals surface area contributed by atoms with Crippen LogP contribution in [0.25, 0.3) is 11.3 Å². The standard InChI is InChI=1S/C21H19BrN4O3S/c1-4-17(27)25-16-8-6-5-7-13(16)18-19(28)23-21(30-3)24-26(18)20(25)14-11-12(29-2)9-10-15(14)22/h5-11,20H,4H2,1-3H3/p+1/t20-/m1/s1. The number of carbonyl (C=O) groups is 1. The first-order valence-electron chi connectivity index (χ1n) is 9.35. The van der Waals surface area contributed by atoms with Crippen molar-refractivity contribution in [2.24, 2.45) is 0 Å². The molecule has 9 heteroatoms. The number of aromatic nitrogens is 3. The summed E-state index contributed by atoms with van der Waals surface area (Å²) in [7, 11) is 1.59. The van der Waals surface area contributed by atoms with E-state index in [4.69, 9.17) is 4.74 Å². The Morgan fingerprint density at radius 3 is 2.80 bits per heavy atom. The first-order valence-corrected chi connectivity index (χ1v) is 11.4. The van der Waals surface area contributed by atoms with Crippen molar-refractivity contribution in [3.8, 4) is 17.0 Å². The van der Waals surface area contributed by atoms with E-state index >= 15 is 0 Å². The SMILES string of the molecule is CCC(=O)N1c2ccccc2-c2c(=O)[nH]c(SC)n[n+]2[C@@H]1c1cc(OC)ccc1Br. The largest absolute Gasteiger partial charge is 0.497 e. The van der Waals surface area contributed by atoms with E-state index < -0.39 is 6.17 Å². The molecular formula is C21H20BrN4O3S+. The first-order chi connectivity index (χ1) is 14.5. The number of hydrogen-bond acceptors (Lipinski definition) is 5. The molecule has 0 bridgehead atoms. The molecule has 1 atom stereocenters. The second kappa shape index (κ2) is 8.23. The second-order valence-electron chi connectivity index (χ2n) is 6.65. The fourth-order valence-corrected chi connectivity index (χ4v) is 4.45. The average Bonchev–Trinajstić information content (AvgIpc) is 2.77. The van der Waals surface area contributed by atoms with Gasteiger partial charge in [-0.25, -0.2) is 4.90 Å². The van der Waals surface area contributed by atoms with Crippen LogP contribution in [0, 0.1) is 0 Å². The lowest BCUT2D eigenvalue weighted by atomic mass is 10.0. The zero-order valence-corrected chi connectivity index (χ0v) is 19.1. The molecule has 0 saturated heterocycles. The summed E-state index contributed by atoms with van der Waals surface area (Å²) in [6, 6.07) is 13.0. The van der Waals surface area contributed by atoms with Gasteiger partial charge in [-0.1, -0.05) is 46.7 Å². The molecule has 1 aromatic heterocycles. The molecule has 30 heavy (non-hydrogen) atoms. The van der Waals surface area contributed by atoms with Gasteiger partial charge in [-0.15, -0.1) is 0 Å². The fraction of sp³-hybridized carbons (Fsp3) is 0.238. The van der Waals surface area contributed by atoms with E-state index in [0.717, 1.165) is 10.0 Å². The number of halogens is 1. The van der Waals surface area contributed by atoms with Gasteiger partial charge in [0, 0.05) is 16.0 Å². The molecule has 0 spiro atoms. The number of ether oxygens (including phenoxy) is 1. The Kier molecular flexibility index (Phi) is 5.66. The van der Waals surface area contributed by atoms with Crippen LogP contribution in [-0.4, -0.2) is 29.4 Å². The van der Waals surface area contributed by atoms with Crippen LogP contribution in [0.2, 0.25) is 0 Å². The lowest BCUT2D eigenvalue weighted by Crippen LogP contribution is -2.61.